The molecule has 1 fully saturated rings. The van der Waals surface area contributed by atoms with Crippen molar-refractivity contribution in [2.75, 3.05) is 7.05 Å². The van der Waals surface area contributed by atoms with Gasteiger partial charge >= 0.3 is 6.09 Å². The molecule has 0 aliphatic heterocycles. The summed E-state index contributed by atoms with van der Waals surface area (Å²) in [6.07, 6.45) is 5.43. The van der Waals surface area contributed by atoms with Gasteiger partial charge in [-0.3, -0.25) is 4.90 Å². The molecule has 0 unspecified atom stereocenters. The van der Waals surface area contributed by atoms with E-state index in [-0.39, 0.29) is 12.2 Å². The molecular weight excluding hydrogens is 166 g/mol. The van der Waals surface area contributed by atoms with Crippen LogP contribution in [0, 0.1) is 0 Å². The second kappa shape index (κ2) is 4.12. The molecule has 1 rings (SSSR count). The van der Waals surface area contributed by atoms with Crippen molar-refractivity contribution in [3.05, 3.63) is 24.4 Å². The normalized spacial score (nSPS) is 15.8. The fourth-order valence-electron chi connectivity index (χ4n) is 0.829. The summed E-state index contributed by atoms with van der Waals surface area (Å²) < 4.78 is 5.08. The first-order valence-electron chi connectivity index (χ1n) is 4.41. The quantitative estimate of drug-likeness (QED) is 0.625. The molecule has 1 amide bonds. The molecule has 0 N–H and O–H groups in total. The lowest BCUT2D eigenvalue weighted by atomic mass is 10.4. The average molecular weight is 181 g/mol. The van der Waals surface area contributed by atoms with Crippen LogP contribution >= 0.6 is 0 Å². The van der Waals surface area contributed by atoms with Crippen LogP contribution in [-0.4, -0.2) is 24.1 Å². The minimum Gasteiger partial charge on any atom is -0.446 e. The van der Waals surface area contributed by atoms with Crippen molar-refractivity contribution >= 4 is 6.09 Å². The number of ether oxygens (including phenoxy) is 1. The number of allylic oxidation sites excluding steroid dienone is 2. The molecule has 0 aromatic rings. The molecule has 0 atom stereocenters. The highest BCUT2D eigenvalue weighted by Crippen LogP contribution is 2.24. The number of nitrogens with zero attached hydrogens (tertiary/aromatic N) is 1. The number of rotatable bonds is 3. The van der Waals surface area contributed by atoms with Crippen molar-refractivity contribution in [3.8, 4) is 0 Å². The summed E-state index contributed by atoms with van der Waals surface area (Å²) in [5.74, 6) is 0. The predicted octanol–water partition coefficient (Wildman–Crippen LogP) is 2.31. The molecule has 0 radical (unpaired) electrons. The van der Waals surface area contributed by atoms with E-state index in [2.05, 4.69) is 6.58 Å². The van der Waals surface area contributed by atoms with E-state index in [9.17, 15) is 4.79 Å². The Bertz CT molecular complexity index is 241. The van der Waals surface area contributed by atoms with E-state index in [4.69, 9.17) is 4.74 Å². The van der Waals surface area contributed by atoms with Gasteiger partial charge in [0.05, 0.1) is 0 Å². The summed E-state index contributed by atoms with van der Waals surface area (Å²) >= 11 is 0. The van der Waals surface area contributed by atoms with Gasteiger partial charge in [-0.1, -0.05) is 12.7 Å². The Morgan fingerprint density at radius 2 is 2.23 bits per heavy atom. The van der Waals surface area contributed by atoms with Crippen LogP contribution in [0.25, 0.3) is 0 Å². The highest BCUT2D eigenvalue weighted by Gasteiger charge is 2.27. The van der Waals surface area contributed by atoms with Crippen LogP contribution in [0.1, 0.15) is 19.8 Å². The summed E-state index contributed by atoms with van der Waals surface area (Å²) in [5, 5.41) is 0. The Morgan fingerprint density at radius 1 is 1.62 bits per heavy atom. The third kappa shape index (κ3) is 2.93. The first-order valence-corrected chi connectivity index (χ1v) is 4.41. The zero-order valence-corrected chi connectivity index (χ0v) is 8.12. The fourth-order valence-corrected chi connectivity index (χ4v) is 0.829. The van der Waals surface area contributed by atoms with Crippen molar-refractivity contribution in [2.24, 2.45) is 0 Å². The molecule has 72 valence electrons. The SMILES string of the molecule is C=C(/C=C\C)N(C)C(=O)OC1CC1. The lowest BCUT2D eigenvalue weighted by Gasteiger charge is -2.16. The van der Waals surface area contributed by atoms with E-state index >= 15 is 0 Å². The number of likely N-dealkylation sites (N-methyl/N-ethyl adjacent to an activating group) is 1. The van der Waals surface area contributed by atoms with Crippen LogP contribution in [0.15, 0.2) is 24.4 Å². The second-order valence-electron chi connectivity index (χ2n) is 3.13. The summed E-state index contributed by atoms with van der Waals surface area (Å²) in [6.45, 7) is 5.61. The molecule has 1 aliphatic rings. The van der Waals surface area contributed by atoms with Gasteiger partial charge in [-0.05, 0) is 25.8 Å². The van der Waals surface area contributed by atoms with E-state index in [0.29, 0.717) is 5.70 Å². The van der Waals surface area contributed by atoms with Crippen LogP contribution in [0.4, 0.5) is 4.79 Å². The Balaban J connectivity index is 2.39. The third-order valence-electron chi connectivity index (χ3n) is 1.86. The Kier molecular flexibility index (Phi) is 3.12. The topological polar surface area (TPSA) is 29.5 Å². The molecule has 3 nitrogen and oxygen atoms in total. The second-order valence-corrected chi connectivity index (χ2v) is 3.13. The van der Waals surface area contributed by atoms with Crippen LogP contribution < -0.4 is 0 Å². The van der Waals surface area contributed by atoms with E-state index in [1.807, 2.05) is 13.0 Å². The van der Waals surface area contributed by atoms with Gasteiger partial charge in [0, 0.05) is 12.7 Å². The largest absolute Gasteiger partial charge is 0.446 e. The zero-order valence-electron chi connectivity index (χ0n) is 8.12. The number of hydrogen-bond acceptors (Lipinski definition) is 2. The number of hydrogen-bond donors (Lipinski definition) is 0. The van der Waals surface area contributed by atoms with Gasteiger partial charge in [-0.15, -0.1) is 0 Å². The lowest BCUT2D eigenvalue weighted by molar-refractivity contribution is 0.114. The first kappa shape index (κ1) is 9.84. The molecule has 0 heterocycles. The summed E-state index contributed by atoms with van der Waals surface area (Å²) in [5.41, 5.74) is 0.646. The molecule has 0 bridgehead atoms. The van der Waals surface area contributed by atoms with E-state index in [1.165, 1.54) is 4.90 Å². The number of carbonyl (C=O) groups is 1. The van der Waals surface area contributed by atoms with E-state index in [0.717, 1.165) is 12.8 Å². The average Bonchev–Trinajstić information content (AvgIpc) is 2.87. The molecule has 1 saturated carbocycles. The molecule has 1 aliphatic carbocycles. The van der Waals surface area contributed by atoms with E-state index < -0.39 is 0 Å². The molecule has 0 spiro atoms. The number of carbonyl (C=O) groups excluding carboxylic acids is 1. The van der Waals surface area contributed by atoms with Crippen molar-refractivity contribution < 1.29 is 9.53 Å². The molecule has 0 aromatic carbocycles. The predicted molar refractivity (Wildman–Crippen MR) is 51.2 cm³/mol. The summed E-state index contributed by atoms with van der Waals surface area (Å²) in [4.78, 5) is 12.7. The minimum atomic E-state index is -0.314. The Hall–Kier alpha value is -1.25. The molecule has 0 saturated heterocycles. The smallest absolute Gasteiger partial charge is 0.414 e. The highest BCUT2D eigenvalue weighted by atomic mass is 16.6. The first-order chi connectivity index (χ1) is 6.15. The summed E-state index contributed by atoms with van der Waals surface area (Å²) in [6, 6.07) is 0. The monoisotopic (exact) mass is 181 g/mol. The lowest BCUT2D eigenvalue weighted by Crippen LogP contribution is -2.26. The minimum absolute atomic E-state index is 0.147. The van der Waals surface area contributed by atoms with Gasteiger partial charge in [-0.2, -0.15) is 0 Å². The summed E-state index contributed by atoms with van der Waals surface area (Å²) in [7, 11) is 1.66. The van der Waals surface area contributed by atoms with Crippen molar-refractivity contribution in [1.29, 1.82) is 0 Å². The molecule has 3 heteroatoms. The maximum atomic E-state index is 11.3. The standard InChI is InChI=1S/C10H15NO2/c1-4-5-8(2)11(3)10(12)13-9-6-7-9/h4-5,9H,2,6-7H2,1,3H3/b5-4-. The van der Waals surface area contributed by atoms with Crippen molar-refractivity contribution in [1.82, 2.24) is 4.90 Å². The Labute approximate surface area is 78.7 Å². The fraction of sp³-hybridized carbons (Fsp3) is 0.500. The van der Waals surface area contributed by atoms with Gasteiger partial charge in [0.2, 0.25) is 0 Å². The van der Waals surface area contributed by atoms with Crippen LogP contribution in [0.5, 0.6) is 0 Å². The van der Waals surface area contributed by atoms with Gasteiger partial charge in [0.25, 0.3) is 0 Å². The number of amides is 1. The maximum Gasteiger partial charge on any atom is 0.414 e. The maximum absolute atomic E-state index is 11.3. The van der Waals surface area contributed by atoms with Gasteiger partial charge < -0.3 is 4.74 Å². The molecule has 13 heavy (non-hydrogen) atoms. The van der Waals surface area contributed by atoms with Crippen LogP contribution in [0.3, 0.4) is 0 Å². The highest BCUT2D eigenvalue weighted by molar-refractivity contribution is 5.70. The van der Waals surface area contributed by atoms with Gasteiger partial charge in [0.15, 0.2) is 0 Å². The van der Waals surface area contributed by atoms with Crippen LogP contribution in [0.2, 0.25) is 0 Å². The van der Waals surface area contributed by atoms with E-state index in [1.54, 1.807) is 13.1 Å². The molecular formula is C10H15NO2. The molecule has 0 aromatic heterocycles. The Morgan fingerprint density at radius 3 is 2.69 bits per heavy atom. The third-order valence-corrected chi connectivity index (χ3v) is 1.86. The van der Waals surface area contributed by atoms with Crippen LogP contribution in [-0.2, 0) is 4.74 Å². The zero-order chi connectivity index (χ0) is 9.84. The van der Waals surface area contributed by atoms with Gasteiger partial charge in [0.1, 0.15) is 6.10 Å². The van der Waals surface area contributed by atoms with Gasteiger partial charge in [-0.25, -0.2) is 4.79 Å². The van der Waals surface area contributed by atoms with Crippen molar-refractivity contribution in [2.45, 2.75) is 25.9 Å². The van der Waals surface area contributed by atoms with Crippen molar-refractivity contribution in [3.63, 3.8) is 0 Å².